The van der Waals surface area contributed by atoms with Gasteiger partial charge in [0.25, 0.3) is 0 Å². The first-order valence-corrected chi connectivity index (χ1v) is 7.62. The molecule has 0 aliphatic heterocycles. The second-order valence-corrected chi connectivity index (χ2v) is 5.77. The predicted octanol–water partition coefficient (Wildman–Crippen LogP) is 3.42. The van der Waals surface area contributed by atoms with Gasteiger partial charge in [-0.25, -0.2) is 9.07 Å². The zero-order valence-corrected chi connectivity index (χ0v) is 13.3. The molecule has 1 heterocycles. The van der Waals surface area contributed by atoms with Crippen LogP contribution in [0, 0.1) is 24.1 Å². The Kier molecular flexibility index (Phi) is 4.30. The van der Waals surface area contributed by atoms with Gasteiger partial charge in [0.1, 0.15) is 23.3 Å². The topological polar surface area (TPSA) is 67.6 Å². The number of nitrogens with zero attached hydrogens (tertiary/aromatic N) is 3. The number of aryl methyl sites for hydroxylation is 1. The molecule has 2 N–H and O–H groups in total. The lowest BCUT2D eigenvalue weighted by molar-refractivity contribution is 0.624. The number of nitrogen functional groups attached to an aromatic ring is 1. The fraction of sp³-hybridized carbons (Fsp3) is 0.158. The molecule has 0 radical (unpaired) electrons. The van der Waals surface area contributed by atoms with Crippen molar-refractivity contribution >= 4 is 5.82 Å². The molecule has 0 unspecified atom stereocenters. The number of halogens is 1. The molecule has 0 spiro atoms. The van der Waals surface area contributed by atoms with E-state index >= 15 is 0 Å². The van der Waals surface area contributed by atoms with E-state index < -0.39 is 0 Å². The molecule has 0 atom stereocenters. The Morgan fingerprint density at radius 1 is 1.17 bits per heavy atom. The van der Waals surface area contributed by atoms with Crippen molar-refractivity contribution in [3.63, 3.8) is 0 Å². The Balaban J connectivity index is 1.91. The summed E-state index contributed by atoms with van der Waals surface area (Å²) in [5, 5.41) is 13.9. The van der Waals surface area contributed by atoms with Crippen LogP contribution in [0.1, 0.15) is 27.9 Å². The highest BCUT2D eigenvalue weighted by molar-refractivity contribution is 5.53. The summed E-state index contributed by atoms with van der Waals surface area (Å²) in [6.45, 7) is 2.42. The van der Waals surface area contributed by atoms with Crippen LogP contribution in [0.25, 0.3) is 0 Å². The van der Waals surface area contributed by atoms with Crippen LogP contribution in [0.5, 0.6) is 0 Å². The lowest BCUT2D eigenvalue weighted by Gasteiger charge is -2.04. The average Bonchev–Trinajstić information content (AvgIpc) is 2.84. The normalized spacial score (nSPS) is 10.5. The average molecular weight is 320 g/mol. The summed E-state index contributed by atoms with van der Waals surface area (Å²) in [7, 11) is 0. The Labute approximate surface area is 140 Å². The van der Waals surface area contributed by atoms with E-state index in [1.54, 1.807) is 16.8 Å². The fourth-order valence-electron chi connectivity index (χ4n) is 2.67. The minimum absolute atomic E-state index is 0.287. The van der Waals surface area contributed by atoms with E-state index in [0.29, 0.717) is 30.0 Å². The van der Waals surface area contributed by atoms with Gasteiger partial charge in [-0.1, -0.05) is 42.0 Å². The molecule has 0 aliphatic rings. The van der Waals surface area contributed by atoms with E-state index in [-0.39, 0.29) is 5.82 Å². The van der Waals surface area contributed by atoms with Crippen LogP contribution in [-0.2, 0) is 13.0 Å². The molecule has 0 aliphatic carbocycles. The zero-order valence-electron chi connectivity index (χ0n) is 13.3. The van der Waals surface area contributed by atoms with Crippen LogP contribution in [0.4, 0.5) is 10.2 Å². The van der Waals surface area contributed by atoms with Crippen LogP contribution in [0.15, 0.2) is 48.5 Å². The molecule has 3 aromatic rings. The summed E-state index contributed by atoms with van der Waals surface area (Å²) in [5.41, 5.74) is 10.2. The molecular weight excluding hydrogens is 303 g/mol. The summed E-state index contributed by atoms with van der Waals surface area (Å²) in [5.74, 6) is 0.0505. The van der Waals surface area contributed by atoms with E-state index in [1.807, 2.05) is 25.1 Å². The van der Waals surface area contributed by atoms with Gasteiger partial charge < -0.3 is 5.73 Å². The molecule has 120 valence electrons. The quantitative estimate of drug-likeness (QED) is 0.801. The number of anilines is 1. The maximum absolute atomic E-state index is 13.0. The number of nitriles is 1. The third-order valence-electron chi connectivity index (χ3n) is 3.88. The SMILES string of the molecule is Cc1cccc(Cc2nn(Cc3ccc(F)cc3)c(N)c2C#N)c1. The Hall–Kier alpha value is -3.13. The Morgan fingerprint density at radius 3 is 2.58 bits per heavy atom. The molecule has 4 nitrogen and oxygen atoms in total. The molecule has 0 saturated heterocycles. The van der Waals surface area contributed by atoms with Gasteiger partial charge in [-0.15, -0.1) is 0 Å². The maximum atomic E-state index is 13.0. The summed E-state index contributed by atoms with van der Waals surface area (Å²) in [6.07, 6.45) is 0.547. The van der Waals surface area contributed by atoms with Gasteiger partial charge in [-0.05, 0) is 30.2 Å². The summed E-state index contributed by atoms with van der Waals surface area (Å²) in [4.78, 5) is 0. The number of hydrogen-bond acceptors (Lipinski definition) is 3. The molecule has 3 rings (SSSR count). The second-order valence-electron chi connectivity index (χ2n) is 5.77. The van der Waals surface area contributed by atoms with E-state index in [4.69, 9.17) is 5.73 Å². The molecule has 5 heteroatoms. The van der Waals surface area contributed by atoms with Gasteiger partial charge in [0, 0.05) is 6.42 Å². The highest BCUT2D eigenvalue weighted by Crippen LogP contribution is 2.21. The van der Waals surface area contributed by atoms with Crippen molar-refractivity contribution in [2.24, 2.45) is 0 Å². The van der Waals surface area contributed by atoms with Gasteiger partial charge in [0.05, 0.1) is 12.2 Å². The lowest BCUT2D eigenvalue weighted by Crippen LogP contribution is -2.06. The fourth-order valence-corrected chi connectivity index (χ4v) is 2.67. The van der Waals surface area contributed by atoms with E-state index in [2.05, 4.69) is 17.2 Å². The summed E-state index contributed by atoms with van der Waals surface area (Å²) in [6, 6.07) is 16.4. The van der Waals surface area contributed by atoms with Crippen LogP contribution in [-0.4, -0.2) is 9.78 Å². The Bertz CT molecular complexity index is 904. The van der Waals surface area contributed by atoms with Crippen LogP contribution < -0.4 is 5.73 Å². The van der Waals surface area contributed by atoms with Crippen LogP contribution in [0.2, 0.25) is 0 Å². The number of rotatable bonds is 4. The molecular formula is C19H17FN4. The second kappa shape index (κ2) is 6.55. The number of hydrogen-bond donors (Lipinski definition) is 1. The Morgan fingerprint density at radius 2 is 1.92 bits per heavy atom. The monoisotopic (exact) mass is 320 g/mol. The zero-order chi connectivity index (χ0) is 17.1. The first-order chi connectivity index (χ1) is 11.6. The first-order valence-electron chi connectivity index (χ1n) is 7.62. The number of nitrogens with two attached hydrogens (primary N) is 1. The van der Waals surface area contributed by atoms with E-state index in [9.17, 15) is 9.65 Å². The standard InChI is InChI=1S/C19H17FN4/c1-13-3-2-4-15(9-13)10-18-17(11-21)19(22)24(23-18)12-14-5-7-16(20)8-6-14/h2-9H,10,12,22H2,1H3. The molecule has 0 fully saturated rings. The molecule has 0 amide bonds. The van der Waals surface area contributed by atoms with Gasteiger partial charge >= 0.3 is 0 Å². The summed E-state index contributed by atoms with van der Waals surface area (Å²) < 4.78 is 14.6. The van der Waals surface area contributed by atoms with Crippen molar-refractivity contribution in [1.82, 2.24) is 9.78 Å². The van der Waals surface area contributed by atoms with Crippen molar-refractivity contribution in [2.75, 3.05) is 5.73 Å². The third-order valence-corrected chi connectivity index (χ3v) is 3.88. The van der Waals surface area contributed by atoms with Crippen molar-refractivity contribution < 1.29 is 4.39 Å². The molecule has 2 aromatic carbocycles. The van der Waals surface area contributed by atoms with Crippen molar-refractivity contribution in [3.05, 3.63) is 82.3 Å². The van der Waals surface area contributed by atoms with Crippen molar-refractivity contribution in [1.29, 1.82) is 5.26 Å². The maximum Gasteiger partial charge on any atom is 0.140 e. The molecule has 1 aromatic heterocycles. The minimum atomic E-state index is -0.287. The molecule has 0 bridgehead atoms. The predicted molar refractivity (Wildman–Crippen MR) is 90.8 cm³/mol. The van der Waals surface area contributed by atoms with E-state index in [0.717, 1.165) is 16.7 Å². The first kappa shape index (κ1) is 15.8. The van der Waals surface area contributed by atoms with Crippen LogP contribution in [0.3, 0.4) is 0 Å². The van der Waals surface area contributed by atoms with Crippen molar-refractivity contribution in [2.45, 2.75) is 19.9 Å². The lowest BCUT2D eigenvalue weighted by atomic mass is 10.1. The van der Waals surface area contributed by atoms with Crippen molar-refractivity contribution in [3.8, 4) is 6.07 Å². The van der Waals surface area contributed by atoms with Gasteiger partial charge in [-0.3, -0.25) is 0 Å². The summed E-state index contributed by atoms with van der Waals surface area (Å²) >= 11 is 0. The third kappa shape index (κ3) is 3.28. The van der Waals surface area contributed by atoms with E-state index in [1.165, 1.54) is 12.1 Å². The highest BCUT2D eigenvalue weighted by atomic mass is 19.1. The van der Waals surface area contributed by atoms with Gasteiger partial charge in [-0.2, -0.15) is 10.4 Å². The van der Waals surface area contributed by atoms with Gasteiger partial charge in [0.15, 0.2) is 0 Å². The largest absolute Gasteiger partial charge is 0.383 e. The number of aromatic nitrogens is 2. The highest BCUT2D eigenvalue weighted by Gasteiger charge is 2.16. The minimum Gasteiger partial charge on any atom is -0.383 e. The number of benzene rings is 2. The van der Waals surface area contributed by atoms with Gasteiger partial charge in [0.2, 0.25) is 0 Å². The molecule has 24 heavy (non-hydrogen) atoms. The smallest absolute Gasteiger partial charge is 0.140 e. The van der Waals surface area contributed by atoms with Crippen LogP contribution >= 0.6 is 0 Å². The molecule has 0 saturated carbocycles.